The minimum Gasteiger partial charge on any atom is -0.442 e. The van der Waals surface area contributed by atoms with E-state index in [0.29, 0.717) is 24.5 Å². The number of rotatable bonds is 6. The third-order valence-electron chi connectivity index (χ3n) is 2.72. The minimum absolute atomic E-state index is 0.219. The Hall–Kier alpha value is -1.14. The number of aromatic nitrogens is 1. The Morgan fingerprint density at radius 2 is 2.00 bits per heavy atom. The molecule has 1 aromatic rings. The molecule has 0 fully saturated rings. The number of nitrogens with zero attached hydrogens (tertiary/aromatic N) is 1. The van der Waals surface area contributed by atoms with Crippen molar-refractivity contribution in [3.8, 4) is 0 Å². The van der Waals surface area contributed by atoms with Gasteiger partial charge in [0.25, 0.3) is 10.1 Å². The van der Waals surface area contributed by atoms with Gasteiger partial charge in [-0.3, -0.25) is 4.55 Å². The maximum absolute atomic E-state index is 10.6. The summed E-state index contributed by atoms with van der Waals surface area (Å²) in [5.41, 5.74) is 0.959. The molecule has 0 aromatic carbocycles. The Morgan fingerprint density at radius 1 is 1.35 bits per heavy atom. The van der Waals surface area contributed by atoms with E-state index in [1.807, 2.05) is 12.2 Å². The monoisotopic (exact) mass is 301 g/mol. The third kappa shape index (κ3) is 6.86. The van der Waals surface area contributed by atoms with Gasteiger partial charge in [-0.25, -0.2) is 4.98 Å². The predicted molar refractivity (Wildman–Crippen MR) is 79.1 cm³/mol. The molecule has 1 aromatic heterocycles. The van der Waals surface area contributed by atoms with Gasteiger partial charge in [-0.2, -0.15) is 8.42 Å². The summed E-state index contributed by atoms with van der Waals surface area (Å²) in [6.45, 7) is 8.26. The highest BCUT2D eigenvalue weighted by Crippen LogP contribution is 2.20. The maximum atomic E-state index is 10.6. The molecule has 1 heterocycles. The highest BCUT2D eigenvalue weighted by molar-refractivity contribution is 7.85. The zero-order valence-electron chi connectivity index (χ0n) is 12.5. The fraction of sp³-hybridized carbons (Fsp3) is 0.643. The topological polar surface area (TPSA) is 80.4 Å². The molecule has 1 N–H and O–H groups in total. The van der Waals surface area contributed by atoms with E-state index >= 15 is 0 Å². The van der Waals surface area contributed by atoms with Crippen molar-refractivity contribution < 1.29 is 17.4 Å². The first kappa shape index (κ1) is 16.9. The number of aryl methyl sites for hydroxylation is 2. The van der Waals surface area contributed by atoms with Gasteiger partial charge in [0.15, 0.2) is 0 Å². The molecule has 0 spiro atoms. The van der Waals surface area contributed by atoms with Crippen molar-refractivity contribution in [1.29, 1.82) is 0 Å². The Kier molecular flexibility index (Phi) is 5.53. The number of oxazole rings is 1. The quantitative estimate of drug-likeness (QED) is 0.816. The first-order valence-electron chi connectivity index (χ1n) is 6.65. The van der Waals surface area contributed by atoms with Gasteiger partial charge in [0, 0.05) is 0 Å². The molecule has 0 aliphatic heterocycles. The van der Waals surface area contributed by atoms with Crippen LogP contribution in [0.4, 0.5) is 0 Å². The van der Waals surface area contributed by atoms with E-state index in [-0.39, 0.29) is 11.2 Å². The minimum atomic E-state index is -3.90. The van der Waals surface area contributed by atoms with Crippen molar-refractivity contribution in [3.05, 3.63) is 23.4 Å². The summed E-state index contributed by atoms with van der Waals surface area (Å²) < 4.78 is 35.5. The normalized spacial score (nSPS) is 13.2. The van der Waals surface area contributed by atoms with Gasteiger partial charge in [0.1, 0.15) is 5.76 Å². The van der Waals surface area contributed by atoms with Crippen molar-refractivity contribution >= 4 is 16.2 Å². The molecule has 0 saturated heterocycles. The van der Waals surface area contributed by atoms with E-state index in [2.05, 4.69) is 25.8 Å². The van der Waals surface area contributed by atoms with Crippen molar-refractivity contribution in [2.45, 2.75) is 47.0 Å². The van der Waals surface area contributed by atoms with Gasteiger partial charge in [0.05, 0.1) is 11.4 Å². The zero-order valence-corrected chi connectivity index (χ0v) is 13.3. The van der Waals surface area contributed by atoms with Crippen LogP contribution in [0, 0.1) is 12.3 Å². The highest BCUT2D eigenvalue weighted by Gasteiger charge is 2.11. The molecule has 0 radical (unpaired) electrons. The standard InChI is InChI=1S/C14H23NO4S/c1-11-12(7-6-10-20(16,17)18)15-13(19-11)8-5-9-14(2,3)4/h5,8H,6-7,9-10H2,1-4H3,(H,16,17,18). The summed E-state index contributed by atoms with van der Waals surface area (Å²) in [7, 11) is -3.90. The summed E-state index contributed by atoms with van der Waals surface area (Å²) in [5, 5.41) is 0. The first-order valence-corrected chi connectivity index (χ1v) is 8.26. The van der Waals surface area contributed by atoms with Crippen molar-refractivity contribution in [3.63, 3.8) is 0 Å². The van der Waals surface area contributed by atoms with Crippen LogP contribution in [-0.2, 0) is 16.5 Å². The molecule has 20 heavy (non-hydrogen) atoms. The van der Waals surface area contributed by atoms with Gasteiger partial charge >= 0.3 is 0 Å². The highest BCUT2D eigenvalue weighted by atomic mass is 32.2. The number of hydrogen-bond donors (Lipinski definition) is 1. The largest absolute Gasteiger partial charge is 0.442 e. The van der Waals surface area contributed by atoms with Crippen molar-refractivity contribution in [1.82, 2.24) is 4.98 Å². The van der Waals surface area contributed by atoms with Crippen LogP contribution >= 0.6 is 0 Å². The third-order valence-corrected chi connectivity index (χ3v) is 3.52. The van der Waals surface area contributed by atoms with Gasteiger partial charge in [-0.1, -0.05) is 26.8 Å². The Balaban J connectivity index is 2.59. The lowest BCUT2D eigenvalue weighted by molar-refractivity contribution is 0.421. The van der Waals surface area contributed by atoms with Crippen LogP contribution in [0.15, 0.2) is 10.5 Å². The van der Waals surface area contributed by atoms with Crippen molar-refractivity contribution in [2.24, 2.45) is 5.41 Å². The zero-order chi connectivity index (χ0) is 15.4. The van der Waals surface area contributed by atoms with Gasteiger partial charge in [-0.15, -0.1) is 0 Å². The molecule has 0 aliphatic carbocycles. The second kappa shape index (κ2) is 6.54. The molecule has 0 amide bonds. The lowest BCUT2D eigenvalue weighted by atomic mass is 9.92. The first-order chi connectivity index (χ1) is 9.07. The Morgan fingerprint density at radius 3 is 2.55 bits per heavy atom. The molecule has 0 aliphatic rings. The van der Waals surface area contributed by atoms with E-state index in [9.17, 15) is 8.42 Å². The molecule has 0 bridgehead atoms. The summed E-state index contributed by atoms with van der Waals surface area (Å²) in [4.78, 5) is 4.32. The van der Waals surface area contributed by atoms with E-state index in [0.717, 1.165) is 12.1 Å². The lowest BCUT2D eigenvalue weighted by Gasteiger charge is -2.13. The molecule has 0 unspecified atom stereocenters. The van der Waals surface area contributed by atoms with Gasteiger partial charge < -0.3 is 4.42 Å². The summed E-state index contributed by atoms with van der Waals surface area (Å²) in [6, 6.07) is 0. The van der Waals surface area contributed by atoms with Crippen LogP contribution in [0.2, 0.25) is 0 Å². The fourth-order valence-electron chi connectivity index (χ4n) is 1.69. The molecule has 0 atom stereocenters. The predicted octanol–water partition coefficient (Wildman–Crippen LogP) is 3.25. The summed E-state index contributed by atoms with van der Waals surface area (Å²) in [6.07, 6.45) is 5.59. The second-order valence-corrected chi connectivity index (χ2v) is 7.68. The molecule has 0 saturated carbocycles. The van der Waals surface area contributed by atoms with E-state index < -0.39 is 10.1 Å². The van der Waals surface area contributed by atoms with Crippen LogP contribution in [-0.4, -0.2) is 23.7 Å². The molecule has 6 heteroatoms. The summed E-state index contributed by atoms with van der Waals surface area (Å²) >= 11 is 0. The van der Waals surface area contributed by atoms with Crippen LogP contribution in [0.25, 0.3) is 6.08 Å². The van der Waals surface area contributed by atoms with Crippen LogP contribution in [0.5, 0.6) is 0 Å². The van der Waals surface area contributed by atoms with E-state index in [4.69, 9.17) is 8.97 Å². The lowest BCUT2D eigenvalue weighted by Crippen LogP contribution is -2.05. The van der Waals surface area contributed by atoms with Crippen LogP contribution in [0.1, 0.15) is 51.0 Å². The Bertz CT molecular complexity index is 564. The maximum Gasteiger partial charge on any atom is 0.264 e. The molecule has 1 rings (SSSR count). The molecule has 5 nitrogen and oxygen atoms in total. The van der Waals surface area contributed by atoms with Gasteiger partial charge in [0.2, 0.25) is 5.89 Å². The van der Waals surface area contributed by atoms with E-state index in [1.54, 1.807) is 6.92 Å². The van der Waals surface area contributed by atoms with Crippen LogP contribution < -0.4 is 0 Å². The average Bonchev–Trinajstić information content (AvgIpc) is 2.56. The summed E-state index contributed by atoms with van der Waals surface area (Å²) in [5.74, 6) is 0.971. The molecular weight excluding hydrogens is 278 g/mol. The smallest absolute Gasteiger partial charge is 0.264 e. The van der Waals surface area contributed by atoms with Crippen LogP contribution in [0.3, 0.4) is 0 Å². The average molecular weight is 301 g/mol. The van der Waals surface area contributed by atoms with E-state index in [1.165, 1.54) is 0 Å². The molecule has 114 valence electrons. The molecular formula is C14H23NO4S. The second-order valence-electron chi connectivity index (χ2n) is 6.11. The Labute approximate surface area is 120 Å². The number of hydrogen-bond acceptors (Lipinski definition) is 4. The van der Waals surface area contributed by atoms with Crippen molar-refractivity contribution in [2.75, 3.05) is 5.75 Å². The SMILES string of the molecule is Cc1oc(C=CCC(C)(C)C)nc1CCCS(=O)(=O)O. The van der Waals surface area contributed by atoms with Gasteiger partial charge in [-0.05, 0) is 37.7 Å². The number of allylic oxidation sites excluding steroid dienone is 1. The fourth-order valence-corrected chi connectivity index (χ4v) is 2.20.